The number of aromatic nitrogens is 10. The topological polar surface area (TPSA) is 278 Å². The van der Waals surface area contributed by atoms with Gasteiger partial charge in [-0.3, -0.25) is 13.8 Å². The molecule has 1 unspecified atom stereocenters. The van der Waals surface area contributed by atoms with Crippen LogP contribution in [0, 0.1) is 0 Å². The van der Waals surface area contributed by atoms with Gasteiger partial charge >= 0.3 is 11.6 Å². The fourth-order valence-electron chi connectivity index (χ4n) is 7.60. The molecule has 10 aromatic rings. The summed E-state index contributed by atoms with van der Waals surface area (Å²) in [5.41, 5.74) is 5.86. The largest absolute Gasteiger partial charge is 1.00 e. The summed E-state index contributed by atoms with van der Waals surface area (Å²) < 4.78 is 72.8. The Bertz CT molecular complexity index is 3820. The predicted octanol–water partition coefficient (Wildman–Crippen LogP) is 1.46. The summed E-state index contributed by atoms with van der Waals surface area (Å²) in [5.74, 6) is -0.190. The van der Waals surface area contributed by atoms with E-state index in [0.717, 1.165) is 31.6 Å². The highest BCUT2D eigenvalue weighted by Gasteiger charge is 2.31. The number of hydrogen-bond acceptors (Lipinski definition) is 18. The molecule has 0 fully saturated rings. The third-order valence-corrected chi connectivity index (χ3v) is 14.2. The van der Waals surface area contributed by atoms with Crippen molar-refractivity contribution in [2.45, 2.75) is 0 Å². The zero-order valence-corrected chi connectivity index (χ0v) is 43.9. The minimum Gasteiger partial charge on any atom is -1.00 e. The van der Waals surface area contributed by atoms with E-state index in [1.807, 2.05) is 84.9 Å². The zero-order valence-electron chi connectivity index (χ0n) is 39.1. The Balaban J connectivity index is 0.00000689. The van der Waals surface area contributed by atoms with Crippen LogP contribution in [0.25, 0.3) is 76.0 Å². The van der Waals surface area contributed by atoms with Crippen LogP contribution >= 0.6 is 22.7 Å². The molecule has 2 N–H and O–H groups in total. The summed E-state index contributed by atoms with van der Waals surface area (Å²) in [6, 6.07) is 39.7. The molecule has 0 spiro atoms. The molecule has 22 nitrogen and oxygen atoms in total. The van der Waals surface area contributed by atoms with Gasteiger partial charge in [0.2, 0.25) is 11.4 Å². The molecule has 6 aromatic carbocycles. The van der Waals surface area contributed by atoms with Gasteiger partial charge in [0, 0.05) is 33.8 Å². The van der Waals surface area contributed by atoms with Crippen molar-refractivity contribution in [2.24, 2.45) is 0 Å². The van der Waals surface area contributed by atoms with E-state index in [2.05, 4.69) is 14.8 Å². The molecule has 0 aliphatic heterocycles. The fourth-order valence-corrected chi connectivity index (χ4v) is 9.99. The maximum atomic E-state index is 12.8. The monoisotopic (exact) mass is 1150 g/mol. The number of benzene rings is 6. The van der Waals surface area contributed by atoms with Gasteiger partial charge in [0.25, 0.3) is 22.1 Å². The second kappa shape index (κ2) is 22.4. The van der Waals surface area contributed by atoms with Gasteiger partial charge in [-0.15, -0.1) is 0 Å². The average Bonchev–Trinajstić information content (AvgIpc) is 4.25. The number of ether oxygens (including phenoxy) is 2. The first kappa shape index (κ1) is 52.1. The summed E-state index contributed by atoms with van der Waals surface area (Å²) in [6.45, 7) is -0.526. The number of carbonyl (C=O) groups is 2. The molecule has 0 bridgehead atoms. The number of amides is 2. The van der Waals surface area contributed by atoms with Crippen molar-refractivity contribution in [3.05, 3.63) is 145 Å². The average molecular weight is 1150 g/mol. The minimum atomic E-state index is -4.49. The molecular weight excluding hydrogens is 1110 g/mol. The van der Waals surface area contributed by atoms with E-state index in [-0.39, 0.29) is 42.2 Å². The maximum absolute atomic E-state index is 12.8. The Morgan fingerprint density at radius 1 is 0.640 bits per heavy atom. The Morgan fingerprint density at radius 3 is 1.48 bits per heavy atom. The van der Waals surface area contributed by atoms with Crippen LogP contribution in [-0.4, -0.2) is 113 Å². The number of nitrogens with zero attached hydrogens (tertiary/aromatic N) is 10. The van der Waals surface area contributed by atoms with Crippen molar-refractivity contribution in [2.75, 3.05) is 39.7 Å². The van der Waals surface area contributed by atoms with Gasteiger partial charge in [-0.1, -0.05) is 46.9 Å². The number of carbonyl (C=O) groups excluding carboxylic acids is 2. The number of para-hydroxylation sites is 2. The first-order valence-electron chi connectivity index (χ1n) is 22.1. The molecule has 0 radical (unpaired) electrons. The predicted molar refractivity (Wildman–Crippen MR) is 269 cm³/mol. The number of hydrogen-bond donors (Lipinski definition) is 2. The molecular formula is C48H38BrN12O10S4-. The lowest BCUT2D eigenvalue weighted by Gasteiger charge is -2.10. The third-order valence-electron chi connectivity index (χ3n) is 11.2. The fraction of sp³-hybridized carbons (Fsp3) is 0.125. The van der Waals surface area contributed by atoms with Gasteiger partial charge in [0.15, 0.2) is 11.5 Å². The molecule has 75 heavy (non-hydrogen) atoms. The standard InChI is InChI=1S/C48H38N12O10S4.BrH/c1-68-39-27-33(19-21-37(39)57-53-43(55-59(57)47-51-35-7-3-5-9-41(35)71-47)29-11-15-31(16-12-29)45(61)49-23-25-70-73(63)64)34-20-22-38(40(28-34)69-2)58-54-44(56-60(58)48-52-36-8-4-6-10-42(36)72-48)30-13-17-32(18-14-30)46(62)50-24-26-74(65,66)67;/h3-22,27-28H,23-26H2,1-2H3,(H2-2,49,50,61,62,63,64,65,66,67);1H/p-1. The number of thiazole rings is 2. The number of halogens is 1. The van der Waals surface area contributed by atoms with Crippen molar-refractivity contribution in [3.63, 3.8) is 0 Å². The summed E-state index contributed by atoms with van der Waals surface area (Å²) in [6.07, 6.45) is 0. The van der Waals surface area contributed by atoms with Gasteiger partial charge < -0.3 is 46.2 Å². The lowest BCUT2D eigenvalue weighted by molar-refractivity contribution is -0.734. The SMILES string of the molecule is COc1cc(-c2ccc(-[n+]3nc(-c4ccc(C(=O)NCCS(=O)(=O)[O-])cc4)nn3-c3nc4ccccc4s3)c(OC)c2)ccc1-[n+]1nc(-c2ccc(C(=O)NCCOS(=O)[O-])cc2)nn1-c1nc2ccccc2s1.[Br-]. The third kappa shape index (κ3) is 11.5. The number of rotatable bonds is 18. The van der Waals surface area contributed by atoms with Crippen molar-refractivity contribution in [1.29, 1.82) is 0 Å². The Labute approximate surface area is 447 Å². The Kier molecular flexibility index (Phi) is 15.6. The Morgan fingerprint density at radius 2 is 1.07 bits per heavy atom. The number of methoxy groups -OCH3 is 2. The molecule has 0 saturated heterocycles. The van der Waals surface area contributed by atoms with Crippen molar-refractivity contribution in [3.8, 4) is 67.0 Å². The quantitative estimate of drug-likeness (QED) is 0.0533. The Hall–Kier alpha value is -7.76. The summed E-state index contributed by atoms with van der Waals surface area (Å²) in [5, 5.41) is 25.7. The van der Waals surface area contributed by atoms with Crippen LogP contribution in [0.15, 0.2) is 133 Å². The van der Waals surface area contributed by atoms with Gasteiger partial charge in [-0.25, -0.2) is 22.6 Å². The van der Waals surface area contributed by atoms with Crippen LogP contribution in [0.4, 0.5) is 0 Å². The van der Waals surface area contributed by atoms with E-state index in [9.17, 15) is 31.3 Å². The van der Waals surface area contributed by atoms with E-state index in [1.165, 1.54) is 22.7 Å². The molecule has 2 amide bonds. The second-order valence-electron chi connectivity index (χ2n) is 15.9. The lowest BCUT2D eigenvalue weighted by atomic mass is 10.0. The molecule has 1 atom stereocenters. The van der Waals surface area contributed by atoms with E-state index >= 15 is 0 Å². The highest BCUT2D eigenvalue weighted by atomic mass is 79.9. The second-order valence-corrected chi connectivity index (χ2v) is 20.0. The lowest BCUT2D eigenvalue weighted by Crippen LogP contribution is -3.00. The highest BCUT2D eigenvalue weighted by Crippen LogP contribution is 2.33. The van der Waals surface area contributed by atoms with E-state index in [4.69, 9.17) is 39.8 Å². The van der Waals surface area contributed by atoms with Crippen molar-refractivity contribution < 1.29 is 71.6 Å². The van der Waals surface area contributed by atoms with Gasteiger partial charge in [0.1, 0.15) is 0 Å². The first-order chi connectivity index (χ1) is 35.8. The molecule has 382 valence electrons. The number of tetrazole rings is 2. The van der Waals surface area contributed by atoms with Gasteiger partial charge in [-0.05, 0) is 140 Å². The van der Waals surface area contributed by atoms with Gasteiger partial charge in [-0.2, -0.15) is 0 Å². The van der Waals surface area contributed by atoms with Crippen molar-refractivity contribution >= 4 is 76.4 Å². The summed E-state index contributed by atoms with van der Waals surface area (Å²) in [4.78, 5) is 41.5. The minimum absolute atomic E-state index is 0. The summed E-state index contributed by atoms with van der Waals surface area (Å²) >= 11 is 0.157. The molecule has 4 aromatic heterocycles. The summed E-state index contributed by atoms with van der Waals surface area (Å²) in [7, 11) is -1.39. The number of nitrogens with one attached hydrogen (secondary N) is 2. The zero-order chi connectivity index (χ0) is 51.5. The van der Waals surface area contributed by atoms with Crippen LogP contribution in [0.3, 0.4) is 0 Å². The van der Waals surface area contributed by atoms with Crippen LogP contribution in [-0.2, 0) is 25.7 Å². The van der Waals surface area contributed by atoms with E-state index in [1.54, 1.807) is 81.9 Å². The van der Waals surface area contributed by atoms with E-state index < -0.39 is 39.0 Å². The molecule has 0 aliphatic carbocycles. The molecule has 10 rings (SSSR count). The maximum Gasteiger partial charge on any atom is 0.340 e. The van der Waals surface area contributed by atoms with Crippen LogP contribution in [0.2, 0.25) is 0 Å². The normalized spacial score (nSPS) is 11.8. The smallest absolute Gasteiger partial charge is 0.340 e. The molecule has 0 saturated carbocycles. The van der Waals surface area contributed by atoms with Crippen LogP contribution < -0.4 is 46.7 Å². The molecule has 27 heteroatoms. The van der Waals surface area contributed by atoms with Gasteiger partial charge in [0.05, 0.1) is 89.8 Å². The first-order valence-corrected chi connectivity index (χ1v) is 26.4. The van der Waals surface area contributed by atoms with Crippen LogP contribution in [0.5, 0.6) is 11.5 Å². The number of fused-ring (bicyclic) bond motifs is 2. The van der Waals surface area contributed by atoms with Crippen molar-refractivity contribution in [1.82, 2.24) is 50.6 Å². The highest BCUT2D eigenvalue weighted by molar-refractivity contribution is 7.85. The molecule has 0 aliphatic rings. The van der Waals surface area contributed by atoms with Crippen LogP contribution in [0.1, 0.15) is 20.7 Å². The van der Waals surface area contributed by atoms with E-state index in [0.29, 0.717) is 61.5 Å². The molecule has 4 heterocycles.